The molecule has 0 saturated heterocycles. The quantitative estimate of drug-likeness (QED) is 0.652. The van der Waals surface area contributed by atoms with Gasteiger partial charge < -0.3 is 4.79 Å². The standard InChI is InChI=1S/C21H22N4O2/c1-25-12-20(23-24-25)16-6-7-17-11-22-19(9-18(17)8-16)10-21(27)15-4-2-14(13-26)3-5-15/h6-9,11-15H,2-5,10H2,1H3. The summed E-state index contributed by atoms with van der Waals surface area (Å²) in [6, 6.07) is 8.07. The first kappa shape index (κ1) is 17.5. The summed E-state index contributed by atoms with van der Waals surface area (Å²) in [5.41, 5.74) is 2.60. The number of Topliss-reactive ketones (excluding diaryl/α,β-unsaturated/α-hetero) is 1. The number of benzene rings is 1. The van der Waals surface area contributed by atoms with Gasteiger partial charge in [-0.25, -0.2) is 0 Å². The molecule has 4 rings (SSSR count). The van der Waals surface area contributed by atoms with Crippen LogP contribution >= 0.6 is 0 Å². The van der Waals surface area contributed by atoms with Crippen molar-refractivity contribution in [1.82, 2.24) is 20.0 Å². The molecule has 0 radical (unpaired) electrons. The zero-order valence-electron chi connectivity index (χ0n) is 15.3. The molecule has 0 spiro atoms. The van der Waals surface area contributed by atoms with Crippen molar-refractivity contribution in [2.75, 3.05) is 0 Å². The van der Waals surface area contributed by atoms with E-state index in [-0.39, 0.29) is 17.6 Å². The van der Waals surface area contributed by atoms with Gasteiger partial charge in [-0.1, -0.05) is 17.3 Å². The first-order valence-electron chi connectivity index (χ1n) is 9.36. The van der Waals surface area contributed by atoms with Crippen molar-refractivity contribution in [3.8, 4) is 11.3 Å². The third kappa shape index (κ3) is 3.79. The molecule has 1 aliphatic rings. The van der Waals surface area contributed by atoms with Gasteiger partial charge in [0.1, 0.15) is 17.8 Å². The highest BCUT2D eigenvalue weighted by atomic mass is 16.1. The second-order valence-electron chi connectivity index (χ2n) is 7.41. The molecule has 2 aromatic heterocycles. The number of carbonyl (C=O) groups excluding carboxylic acids is 2. The molecule has 138 valence electrons. The molecule has 2 heterocycles. The molecule has 6 heteroatoms. The van der Waals surface area contributed by atoms with Crippen LogP contribution in [0.1, 0.15) is 31.4 Å². The van der Waals surface area contributed by atoms with Gasteiger partial charge in [0.2, 0.25) is 0 Å². The zero-order valence-corrected chi connectivity index (χ0v) is 15.3. The van der Waals surface area contributed by atoms with E-state index in [1.54, 1.807) is 4.68 Å². The first-order valence-corrected chi connectivity index (χ1v) is 9.36. The van der Waals surface area contributed by atoms with Crippen LogP contribution < -0.4 is 0 Å². The lowest BCUT2D eigenvalue weighted by Crippen LogP contribution is -2.24. The van der Waals surface area contributed by atoms with Crippen LogP contribution in [0.4, 0.5) is 0 Å². The van der Waals surface area contributed by atoms with Crippen molar-refractivity contribution in [3.05, 3.63) is 42.4 Å². The number of nitrogens with zero attached hydrogens (tertiary/aromatic N) is 4. The highest BCUT2D eigenvalue weighted by molar-refractivity contribution is 5.88. The molecule has 0 aliphatic heterocycles. The molecule has 27 heavy (non-hydrogen) atoms. The van der Waals surface area contributed by atoms with Crippen molar-refractivity contribution in [1.29, 1.82) is 0 Å². The van der Waals surface area contributed by atoms with Gasteiger partial charge in [0.15, 0.2) is 0 Å². The van der Waals surface area contributed by atoms with E-state index in [9.17, 15) is 9.59 Å². The number of rotatable bonds is 5. The summed E-state index contributed by atoms with van der Waals surface area (Å²) in [6.45, 7) is 0. The average Bonchev–Trinajstić information content (AvgIpc) is 3.14. The van der Waals surface area contributed by atoms with E-state index in [4.69, 9.17) is 0 Å². The molecule has 0 atom stereocenters. The molecule has 0 amide bonds. The predicted molar refractivity (Wildman–Crippen MR) is 102 cm³/mol. The summed E-state index contributed by atoms with van der Waals surface area (Å²) in [7, 11) is 1.84. The summed E-state index contributed by atoms with van der Waals surface area (Å²) in [5.74, 6) is 0.424. The lowest BCUT2D eigenvalue weighted by molar-refractivity contribution is -0.124. The minimum atomic E-state index is 0.0598. The monoisotopic (exact) mass is 362 g/mol. The van der Waals surface area contributed by atoms with E-state index >= 15 is 0 Å². The van der Waals surface area contributed by atoms with Crippen LogP contribution in [0.15, 0.2) is 36.7 Å². The summed E-state index contributed by atoms with van der Waals surface area (Å²) in [6.07, 6.45) is 8.35. The molecule has 1 fully saturated rings. The minimum Gasteiger partial charge on any atom is -0.303 e. The number of hydrogen-bond acceptors (Lipinski definition) is 5. The molecule has 0 unspecified atom stereocenters. The van der Waals surface area contributed by atoms with Crippen molar-refractivity contribution in [2.45, 2.75) is 32.1 Å². The van der Waals surface area contributed by atoms with Gasteiger partial charge in [-0.15, -0.1) is 5.10 Å². The van der Waals surface area contributed by atoms with Gasteiger partial charge in [0, 0.05) is 48.1 Å². The molecule has 0 bridgehead atoms. The molecule has 0 N–H and O–H groups in total. The van der Waals surface area contributed by atoms with E-state index in [0.29, 0.717) is 6.42 Å². The average molecular weight is 362 g/mol. The third-order valence-electron chi connectivity index (χ3n) is 5.45. The summed E-state index contributed by atoms with van der Waals surface area (Å²) in [4.78, 5) is 28.0. The third-order valence-corrected chi connectivity index (χ3v) is 5.45. The topological polar surface area (TPSA) is 77.7 Å². The molecule has 6 nitrogen and oxygen atoms in total. The molecule has 1 saturated carbocycles. The summed E-state index contributed by atoms with van der Waals surface area (Å²) >= 11 is 0. The predicted octanol–water partition coefficient (Wildman–Crippen LogP) is 3.15. The van der Waals surface area contributed by atoms with Gasteiger partial charge in [-0.05, 0) is 43.2 Å². The summed E-state index contributed by atoms with van der Waals surface area (Å²) in [5, 5.41) is 10.2. The zero-order chi connectivity index (χ0) is 18.8. The Bertz CT molecular complexity index is 987. The molecular weight excluding hydrogens is 340 g/mol. The minimum absolute atomic E-state index is 0.0598. The van der Waals surface area contributed by atoms with Crippen molar-refractivity contribution < 1.29 is 9.59 Å². The second kappa shape index (κ2) is 7.39. The summed E-state index contributed by atoms with van der Waals surface area (Å²) < 4.78 is 1.68. The van der Waals surface area contributed by atoms with E-state index in [1.807, 2.05) is 37.6 Å². The van der Waals surface area contributed by atoms with Gasteiger partial charge in [0.25, 0.3) is 0 Å². The number of aromatic nitrogens is 4. The van der Waals surface area contributed by atoms with Crippen molar-refractivity contribution in [2.24, 2.45) is 18.9 Å². The Morgan fingerprint density at radius 3 is 2.70 bits per heavy atom. The number of pyridine rings is 1. The Morgan fingerprint density at radius 1 is 1.19 bits per heavy atom. The van der Waals surface area contributed by atoms with Gasteiger partial charge >= 0.3 is 0 Å². The van der Waals surface area contributed by atoms with Crippen LogP contribution in [0, 0.1) is 11.8 Å². The smallest absolute Gasteiger partial charge is 0.141 e. The lowest BCUT2D eigenvalue weighted by atomic mass is 9.80. The first-order chi connectivity index (χ1) is 13.1. The van der Waals surface area contributed by atoms with Crippen molar-refractivity contribution >= 4 is 22.8 Å². The Morgan fingerprint density at radius 2 is 2.00 bits per heavy atom. The molecule has 3 aromatic rings. The van der Waals surface area contributed by atoms with E-state index in [0.717, 1.165) is 59.7 Å². The fourth-order valence-electron chi connectivity index (χ4n) is 3.82. The molecular formula is C21H22N4O2. The number of aryl methyl sites for hydroxylation is 1. The fourth-order valence-corrected chi connectivity index (χ4v) is 3.82. The Balaban J connectivity index is 1.52. The van der Waals surface area contributed by atoms with E-state index < -0.39 is 0 Å². The van der Waals surface area contributed by atoms with Crippen LogP contribution in [0.25, 0.3) is 22.0 Å². The van der Waals surface area contributed by atoms with Crippen LogP contribution in [0.5, 0.6) is 0 Å². The molecule has 1 aromatic carbocycles. The lowest BCUT2D eigenvalue weighted by Gasteiger charge is -2.24. The Hall–Kier alpha value is -2.89. The maximum Gasteiger partial charge on any atom is 0.141 e. The highest BCUT2D eigenvalue weighted by Crippen LogP contribution is 2.29. The van der Waals surface area contributed by atoms with E-state index in [1.165, 1.54) is 0 Å². The second-order valence-corrected chi connectivity index (χ2v) is 7.41. The van der Waals surface area contributed by atoms with Gasteiger partial charge in [0.05, 0.1) is 6.20 Å². The largest absolute Gasteiger partial charge is 0.303 e. The number of carbonyl (C=O) groups is 2. The number of fused-ring (bicyclic) bond motifs is 1. The number of aldehydes is 1. The SMILES string of the molecule is Cn1cc(-c2ccc3cnc(CC(=O)C4CCC(C=O)CC4)cc3c2)nn1. The highest BCUT2D eigenvalue weighted by Gasteiger charge is 2.26. The van der Waals surface area contributed by atoms with Crippen LogP contribution in [0.3, 0.4) is 0 Å². The maximum absolute atomic E-state index is 12.6. The maximum atomic E-state index is 12.6. The van der Waals surface area contributed by atoms with Crippen LogP contribution in [-0.2, 0) is 23.1 Å². The van der Waals surface area contributed by atoms with Crippen LogP contribution in [-0.4, -0.2) is 32.0 Å². The van der Waals surface area contributed by atoms with Gasteiger partial charge in [-0.2, -0.15) is 0 Å². The van der Waals surface area contributed by atoms with Gasteiger partial charge in [-0.3, -0.25) is 14.5 Å². The van der Waals surface area contributed by atoms with Crippen molar-refractivity contribution in [3.63, 3.8) is 0 Å². The van der Waals surface area contributed by atoms with E-state index in [2.05, 4.69) is 21.4 Å². The Labute approximate surface area is 157 Å². The fraction of sp³-hybridized carbons (Fsp3) is 0.381. The molecule has 1 aliphatic carbocycles. The van der Waals surface area contributed by atoms with Crippen LogP contribution in [0.2, 0.25) is 0 Å². The normalized spacial score (nSPS) is 19.9. The Kier molecular flexibility index (Phi) is 4.79. The number of hydrogen-bond donors (Lipinski definition) is 0. The number of ketones is 1.